The molecule has 4 heteroatoms. The summed E-state index contributed by atoms with van der Waals surface area (Å²) in [4.78, 5) is 14.8. The highest BCUT2D eigenvalue weighted by Gasteiger charge is 2.23. The van der Waals surface area contributed by atoms with Gasteiger partial charge in [0.05, 0.1) is 6.61 Å². The number of aryl methyl sites for hydroxylation is 1. The quantitative estimate of drug-likeness (QED) is 0.749. The molecule has 20 heavy (non-hydrogen) atoms. The second kappa shape index (κ2) is 8.42. The molecule has 1 aromatic carbocycles. The van der Waals surface area contributed by atoms with Crippen molar-refractivity contribution in [3.63, 3.8) is 0 Å². The molecule has 0 saturated heterocycles. The van der Waals surface area contributed by atoms with Crippen LogP contribution in [0.5, 0.6) is 0 Å². The van der Waals surface area contributed by atoms with Gasteiger partial charge in [0.15, 0.2) is 0 Å². The van der Waals surface area contributed by atoms with Crippen molar-refractivity contribution in [3.05, 3.63) is 33.8 Å². The van der Waals surface area contributed by atoms with E-state index in [0.717, 1.165) is 28.4 Å². The molecule has 0 saturated carbocycles. The van der Waals surface area contributed by atoms with Gasteiger partial charge in [0, 0.05) is 29.7 Å². The molecule has 0 aliphatic rings. The maximum Gasteiger partial charge on any atom is 0.254 e. The fourth-order valence-corrected chi connectivity index (χ4v) is 2.71. The summed E-state index contributed by atoms with van der Waals surface area (Å²) in [5.74, 6) is 0.0922. The van der Waals surface area contributed by atoms with Crippen LogP contribution in [0.25, 0.3) is 0 Å². The van der Waals surface area contributed by atoms with Crippen molar-refractivity contribution in [3.8, 4) is 0 Å². The maximum absolute atomic E-state index is 12.8. The Morgan fingerprint density at radius 1 is 1.35 bits per heavy atom. The van der Waals surface area contributed by atoms with Crippen molar-refractivity contribution in [2.75, 3.05) is 20.3 Å². The van der Waals surface area contributed by atoms with Crippen LogP contribution in [0, 0.1) is 6.92 Å². The molecule has 1 amide bonds. The highest BCUT2D eigenvalue weighted by Crippen LogP contribution is 2.20. The van der Waals surface area contributed by atoms with E-state index in [1.807, 2.05) is 30.0 Å². The number of ether oxygens (including phenoxy) is 1. The van der Waals surface area contributed by atoms with E-state index in [0.29, 0.717) is 13.2 Å². The largest absolute Gasteiger partial charge is 0.383 e. The van der Waals surface area contributed by atoms with Gasteiger partial charge in [-0.25, -0.2) is 0 Å². The average Bonchev–Trinajstić information content (AvgIpc) is 2.45. The molecule has 0 bridgehead atoms. The molecule has 0 radical (unpaired) electrons. The van der Waals surface area contributed by atoms with Crippen molar-refractivity contribution in [1.82, 2.24) is 4.90 Å². The fraction of sp³-hybridized carbons (Fsp3) is 0.562. The van der Waals surface area contributed by atoms with Crippen molar-refractivity contribution >= 4 is 21.8 Å². The first-order chi connectivity index (χ1) is 9.54. The van der Waals surface area contributed by atoms with Gasteiger partial charge in [0.2, 0.25) is 0 Å². The lowest BCUT2D eigenvalue weighted by Crippen LogP contribution is -2.42. The summed E-state index contributed by atoms with van der Waals surface area (Å²) >= 11 is 3.44. The molecule has 0 N–H and O–H groups in total. The predicted octanol–water partition coefficient (Wildman–Crippen LogP) is 4.03. The van der Waals surface area contributed by atoms with Crippen molar-refractivity contribution < 1.29 is 9.53 Å². The first kappa shape index (κ1) is 17.2. The third-order valence-electron chi connectivity index (χ3n) is 3.61. The summed E-state index contributed by atoms with van der Waals surface area (Å²) < 4.78 is 6.08. The minimum Gasteiger partial charge on any atom is -0.383 e. The molecule has 0 unspecified atom stereocenters. The average molecular weight is 342 g/mol. The highest BCUT2D eigenvalue weighted by atomic mass is 79.9. The lowest BCUT2D eigenvalue weighted by Gasteiger charge is -2.31. The summed E-state index contributed by atoms with van der Waals surface area (Å²) in [5, 5.41) is 0. The zero-order chi connectivity index (χ0) is 15.1. The van der Waals surface area contributed by atoms with Crippen molar-refractivity contribution in [2.24, 2.45) is 0 Å². The van der Waals surface area contributed by atoms with E-state index in [9.17, 15) is 4.79 Å². The standard InChI is InChI=1S/C16H24BrNO2/c1-5-14(6-2)18(9-10-20-4)16(19)15-11-13(17)8-7-12(15)3/h7-8,11,14H,5-6,9-10H2,1-4H3. The van der Waals surface area contributed by atoms with E-state index in [4.69, 9.17) is 4.74 Å². The summed E-state index contributed by atoms with van der Waals surface area (Å²) in [6.45, 7) is 7.41. The van der Waals surface area contributed by atoms with Crippen LogP contribution in [0.1, 0.15) is 42.6 Å². The number of carbonyl (C=O) groups excluding carboxylic acids is 1. The smallest absolute Gasteiger partial charge is 0.254 e. The predicted molar refractivity (Wildman–Crippen MR) is 86.2 cm³/mol. The molecule has 3 nitrogen and oxygen atoms in total. The van der Waals surface area contributed by atoms with Gasteiger partial charge < -0.3 is 9.64 Å². The van der Waals surface area contributed by atoms with Crippen LogP contribution in [0.2, 0.25) is 0 Å². The molecule has 0 fully saturated rings. The van der Waals surface area contributed by atoms with E-state index >= 15 is 0 Å². The van der Waals surface area contributed by atoms with Gasteiger partial charge >= 0.3 is 0 Å². The van der Waals surface area contributed by atoms with Crippen LogP contribution in [0.15, 0.2) is 22.7 Å². The van der Waals surface area contributed by atoms with Crippen LogP contribution < -0.4 is 0 Å². The van der Waals surface area contributed by atoms with Gasteiger partial charge in [-0.1, -0.05) is 35.8 Å². The van der Waals surface area contributed by atoms with E-state index in [-0.39, 0.29) is 11.9 Å². The Hall–Kier alpha value is -0.870. The molecule has 0 aromatic heterocycles. The molecule has 0 spiro atoms. The molecule has 0 aliphatic carbocycles. The van der Waals surface area contributed by atoms with Crippen LogP contribution in [-0.2, 0) is 4.74 Å². The van der Waals surface area contributed by atoms with E-state index < -0.39 is 0 Å². The summed E-state index contributed by atoms with van der Waals surface area (Å²) in [6.07, 6.45) is 1.91. The first-order valence-corrected chi connectivity index (χ1v) is 7.90. The van der Waals surface area contributed by atoms with Gasteiger partial charge in [0.25, 0.3) is 5.91 Å². The van der Waals surface area contributed by atoms with Crippen LogP contribution >= 0.6 is 15.9 Å². The van der Waals surface area contributed by atoms with E-state index in [1.165, 1.54) is 0 Å². The fourth-order valence-electron chi connectivity index (χ4n) is 2.35. The zero-order valence-corrected chi connectivity index (χ0v) is 14.4. The molecule has 0 atom stereocenters. The highest BCUT2D eigenvalue weighted by molar-refractivity contribution is 9.10. The lowest BCUT2D eigenvalue weighted by atomic mass is 10.0. The van der Waals surface area contributed by atoms with Gasteiger partial charge in [-0.15, -0.1) is 0 Å². The van der Waals surface area contributed by atoms with Crippen molar-refractivity contribution in [1.29, 1.82) is 0 Å². The summed E-state index contributed by atoms with van der Waals surface area (Å²) in [6, 6.07) is 6.09. The normalized spacial score (nSPS) is 10.9. The molecule has 0 heterocycles. The second-order valence-corrected chi connectivity index (χ2v) is 5.84. The van der Waals surface area contributed by atoms with Gasteiger partial charge in [-0.05, 0) is 37.5 Å². The van der Waals surface area contributed by atoms with Crippen LogP contribution in [0.4, 0.5) is 0 Å². The van der Waals surface area contributed by atoms with Gasteiger partial charge in [-0.2, -0.15) is 0 Å². The Labute approximate surface area is 130 Å². The topological polar surface area (TPSA) is 29.5 Å². The Kier molecular flexibility index (Phi) is 7.24. The number of hydrogen-bond acceptors (Lipinski definition) is 2. The SMILES string of the molecule is CCC(CC)N(CCOC)C(=O)c1cc(Br)ccc1C. The number of carbonyl (C=O) groups is 1. The minimum absolute atomic E-state index is 0.0922. The maximum atomic E-state index is 12.8. The zero-order valence-electron chi connectivity index (χ0n) is 12.8. The second-order valence-electron chi connectivity index (χ2n) is 4.92. The Balaban J connectivity index is 3.05. The number of nitrogens with zero attached hydrogens (tertiary/aromatic N) is 1. The molecular formula is C16H24BrNO2. The lowest BCUT2D eigenvalue weighted by molar-refractivity contribution is 0.0588. The molecule has 1 aromatic rings. The molecule has 0 aliphatic heterocycles. The molecule has 1 rings (SSSR count). The van der Waals surface area contributed by atoms with Gasteiger partial charge in [0.1, 0.15) is 0 Å². The van der Waals surface area contributed by atoms with Gasteiger partial charge in [-0.3, -0.25) is 4.79 Å². The van der Waals surface area contributed by atoms with E-state index in [1.54, 1.807) is 7.11 Å². The monoisotopic (exact) mass is 341 g/mol. The third-order valence-corrected chi connectivity index (χ3v) is 4.10. The Morgan fingerprint density at radius 3 is 2.55 bits per heavy atom. The first-order valence-electron chi connectivity index (χ1n) is 7.11. The van der Waals surface area contributed by atoms with Crippen LogP contribution in [0.3, 0.4) is 0 Å². The number of rotatable bonds is 7. The number of hydrogen-bond donors (Lipinski definition) is 0. The Morgan fingerprint density at radius 2 is 2.00 bits per heavy atom. The van der Waals surface area contributed by atoms with Crippen LogP contribution in [-0.4, -0.2) is 37.1 Å². The summed E-state index contributed by atoms with van der Waals surface area (Å²) in [5.41, 5.74) is 1.77. The summed E-state index contributed by atoms with van der Waals surface area (Å²) in [7, 11) is 1.67. The number of methoxy groups -OCH3 is 1. The molecular weight excluding hydrogens is 318 g/mol. The number of amides is 1. The number of halogens is 1. The third kappa shape index (κ3) is 4.32. The molecule has 112 valence electrons. The number of benzene rings is 1. The Bertz CT molecular complexity index is 444. The van der Waals surface area contributed by atoms with E-state index in [2.05, 4.69) is 29.8 Å². The minimum atomic E-state index is 0.0922. The van der Waals surface area contributed by atoms with Crippen molar-refractivity contribution in [2.45, 2.75) is 39.7 Å².